The summed E-state index contributed by atoms with van der Waals surface area (Å²) in [5.74, 6) is 3.96. The Labute approximate surface area is 133 Å². The van der Waals surface area contributed by atoms with E-state index in [4.69, 9.17) is 10.3 Å². The monoisotopic (exact) mass is 323 g/mol. The number of aromatic nitrogens is 2. The highest BCUT2D eigenvalue weighted by molar-refractivity contribution is 7.98. The third-order valence-corrected chi connectivity index (χ3v) is 6.05. The smallest absolute Gasteiger partial charge is 0.261 e. The summed E-state index contributed by atoms with van der Waals surface area (Å²) in [7, 11) is 0. The van der Waals surface area contributed by atoms with E-state index in [0.717, 1.165) is 40.7 Å². The number of fused-ring (bicyclic) bond motifs is 1. The fourth-order valence-electron chi connectivity index (χ4n) is 2.62. The molecule has 2 aromatic heterocycles. The topological polar surface area (TPSA) is 64.9 Å². The number of nitrogens with two attached hydrogens (primary N) is 1. The van der Waals surface area contributed by atoms with Crippen LogP contribution in [0.3, 0.4) is 0 Å². The number of aryl methyl sites for hydroxylation is 1. The van der Waals surface area contributed by atoms with E-state index >= 15 is 0 Å². The van der Waals surface area contributed by atoms with Crippen molar-refractivity contribution in [3.8, 4) is 11.5 Å². The lowest BCUT2D eigenvalue weighted by Crippen LogP contribution is -2.00. The molecule has 0 saturated heterocycles. The number of hydrogen-bond donors (Lipinski definition) is 1. The Hall–Kier alpha value is -1.01. The van der Waals surface area contributed by atoms with Gasteiger partial charge in [0, 0.05) is 4.88 Å². The van der Waals surface area contributed by atoms with Gasteiger partial charge in [0.05, 0.1) is 16.3 Å². The predicted molar refractivity (Wildman–Crippen MR) is 89.7 cm³/mol. The van der Waals surface area contributed by atoms with E-state index in [2.05, 4.69) is 24.0 Å². The second-order valence-corrected chi connectivity index (χ2v) is 8.04. The van der Waals surface area contributed by atoms with Gasteiger partial charge in [0.25, 0.3) is 5.89 Å². The van der Waals surface area contributed by atoms with Gasteiger partial charge in [-0.2, -0.15) is 16.7 Å². The molecule has 2 N–H and O–H groups in total. The molecule has 1 aliphatic rings. The first-order chi connectivity index (χ1) is 10.1. The second-order valence-electron chi connectivity index (χ2n) is 5.87. The zero-order valence-electron chi connectivity index (χ0n) is 12.5. The average Bonchev–Trinajstić information content (AvgIpc) is 3.01. The van der Waals surface area contributed by atoms with Crippen molar-refractivity contribution in [1.82, 2.24) is 10.1 Å². The summed E-state index contributed by atoms with van der Waals surface area (Å²) in [5, 5.41) is 4.93. The molecule has 2 aromatic rings. The highest BCUT2D eigenvalue weighted by atomic mass is 32.2. The summed E-state index contributed by atoms with van der Waals surface area (Å²) in [6, 6.07) is 0. The molecule has 6 heteroatoms. The summed E-state index contributed by atoms with van der Waals surface area (Å²) < 4.78 is 5.47. The zero-order valence-corrected chi connectivity index (χ0v) is 14.1. The summed E-state index contributed by atoms with van der Waals surface area (Å²) >= 11 is 3.53. The molecule has 0 bridgehead atoms. The second kappa shape index (κ2) is 6.40. The fraction of sp³-hybridized carbons (Fsp3) is 0.600. The highest BCUT2D eigenvalue weighted by Crippen LogP contribution is 2.41. The number of thiophene rings is 1. The van der Waals surface area contributed by atoms with Crippen LogP contribution >= 0.6 is 23.1 Å². The van der Waals surface area contributed by atoms with Gasteiger partial charge in [0.15, 0.2) is 5.82 Å². The lowest BCUT2D eigenvalue weighted by atomic mass is 9.95. The molecule has 0 atom stereocenters. The van der Waals surface area contributed by atoms with Crippen molar-refractivity contribution < 1.29 is 4.52 Å². The number of nitrogens with zero attached hydrogens (tertiary/aromatic N) is 2. The Bertz CT molecular complexity index is 618. The molecule has 0 amide bonds. The van der Waals surface area contributed by atoms with Gasteiger partial charge in [-0.3, -0.25) is 0 Å². The van der Waals surface area contributed by atoms with Crippen LogP contribution in [-0.4, -0.2) is 15.9 Å². The van der Waals surface area contributed by atoms with Crippen LogP contribution in [0.1, 0.15) is 43.0 Å². The quantitative estimate of drug-likeness (QED) is 0.895. The maximum atomic E-state index is 6.19. The molecular formula is C15H21N3OS2. The number of thioether (sulfide) groups is 1. The molecule has 3 rings (SSSR count). The van der Waals surface area contributed by atoms with Crippen LogP contribution in [0.2, 0.25) is 0 Å². The van der Waals surface area contributed by atoms with Crippen LogP contribution in [0.4, 0.5) is 5.00 Å². The molecule has 0 aromatic carbocycles. The molecule has 0 fully saturated rings. The van der Waals surface area contributed by atoms with Crippen molar-refractivity contribution in [1.29, 1.82) is 0 Å². The predicted octanol–water partition coefficient (Wildman–Crippen LogP) is 4.15. The summed E-state index contributed by atoms with van der Waals surface area (Å²) in [6.45, 7) is 4.43. The van der Waals surface area contributed by atoms with E-state index < -0.39 is 0 Å². The zero-order chi connectivity index (χ0) is 14.8. The normalized spacial score (nSPS) is 14.6. The molecule has 21 heavy (non-hydrogen) atoms. The first kappa shape index (κ1) is 14.9. The van der Waals surface area contributed by atoms with E-state index in [9.17, 15) is 0 Å². The van der Waals surface area contributed by atoms with Crippen molar-refractivity contribution in [3.05, 3.63) is 16.3 Å². The third-order valence-electron chi connectivity index (χ3n) is 3.56. The molecule has 1 aliphatic carbocycles. The number of hydrogen-bond acceptors (Lipinski definition) is 6. The van der Waals surface area contributed by atoms with Crippen molar-refractivity contribution in [3.63, 3.8) is 0 Å². The SMILES string of the molecule is CC(C)CSCc1noc(-c2c(N)sc3c2CCCC3)n1. The van der Waals surface area contributed by atoms with Crippen molar-refractivity contribution in [2.45, 2.75) is 45.3 Å². The first-order valence-electron chi connectivity index (χ1n) is 7.46. The largest absolute Gasteiger partial charge is 0.390 e. The third kappa shape index (κ3) is 3.26. The Morgan fingerprint density at radius 2 is 2.14 bits per heavy atom. The number of rotatable bonds is 5. The Balaban J connectivity index is 1.78. The van der Waals surface area contributed by atoms with Crippen LogP contribution in [0.25, 0.3) is 11.5 Å². The van der Waals surface area contributed by atoms with Gasteiger partial charge in [0.1, 0.15) is 0 Å². The van der Waals surface area contributed by atoms with E-state index in [1.54, 1.807) is 11.3 Å². The minimum atomic E-state index is 0.604. The van der Waals surface area contributed by atoms with Gasteiger partial charge in [-0.15, -0.1) is 11.3 Å². The fourth-order valence-corrected chi connectivity index (χ4v) is 4.66. The first-order valence-corrected chi connectivity index (χ1v) is 9.43. The summed E-state index contributed by atoms with van der Waals surface area (Å²) in [4.78, 5) is 5.95. The maximum absolute atomic E-state index is 6.19. The summed E-state index contributed by atoms with van der Waals surface area (Å²) in [5.41, 5.74) is 8.53. The van der Waals surface area contributed by atoms with Gasteiger partial charge in [-0.05, 0) is 42.9 Å². The lowest BCUT2D eigenvalue weighted by molar-refractivity contribution is 0.425. The van der Waals surface area contributed by atoms with E-state index in [1.165, 1.54) is 23.3 Å². The Morgan fingerprint density at radius 1 is 1.33 bits per heavy atom. The molecule has 0 radical (unpaired) electrons. The Kier molecular flexibility index (Phi) is 4.54. The van der Waals surface area contributed by atoms with Gasteiger partial charge >= 0.3 is 0 Å². The molecule has 0 spiro atoms. The summed E-state index contributed by atoms with van der Waals surface area (Å²) in [6.07, 6.45) is 4.70. The Morgan fingerprint density at radius 3 is 2.95 bits per heavy atom. The molecular weight excluding hydrogens is 302 g/mol. The molecule has 0 aliphatic heterocycles. The molecule has 4 nitrogen and oxygen atoms in total. The van der Waals surface area contributed by atoms with Crippen LogP contribution in [-0.2, 0) is 18.6 Å². The molecule has 0 unspecified atom stereocenters. The van der Waals surface area contributed by atoms with Crippen LogP contribution in [0.15, 0.2) is 4.52 Å². The standard InChI is InChI=1S/C15H21N3OS2/c1-9(2)7-20-8-12-17-15(19-18-12)13-10-5-3-4-6-11(10)21-14(13)16/h9H,3-8,16H2,1-2H3. The van der Waals surface area contributed by atoms with E-state index in [-0.39, 0.29) is 0 Å². The molecule has 114 valence electrons. The van der Waals surface area contributed by atoms with Gasteiger partial charge in [-0.1, -0.05) is 19.0 Å². The average molecular weight is 323 g/mol. The minimum absolute atomic E-state index is 0.604. The van der Waals surface area contributed by atoms with Crippen LogP contribution < -0.4 is 5.73 Å². The van der Waals surface area contributed by atoms with Gasteiger partial charge in [-0.25, -0.2) is 0 Å². The van der Waals surface area contributed by atoms with Gasteiger partial charge < -0.3 is 10.3 Å². The highest BCUT2D eigenvalue weighted by Gasteiger charge is 2.24. The lowest BCUT2D eigenvalue weighted by Gasteiger charge is -2.10. The number of nitrogen functional groups attached to an aromatic ring is 1. The van der Waals surface area contributed by atoms with Crippen molar-refractivity contribution in [2.24, 2.45) is 5.92 Å². The van der Waals surface area contributed by atoms with Crippen molar-refractivity contribution >= 4 is 28.1 Å². The van der Waals surface area contributed by atoms with Crippen LogP contribution in [0, 0.1) is 5.92 Å². The maximum Gasteiger partial charge on any atom is 0.261 e. The van der Waals surface area contributed by atoms with Crippen molar-refractivity contribution in [2.75, 3.05) is 11.5 Å². The molecule has 2 heterocycles. The molecule has 0 saturated carbocycles. The minimum Gasteiger partial charge on any atom is -0.390 e. The van der Waals surface area contributed by atoms with E-state index in [1.807, 2.05) is 11.8 Å². The van der Waals surface area contributed by atoms with E-state index in [0.29, 0.717) is 11.8 Å². The van der Waals surface area contributed by atoms with Crippen LogP contribution in [0.5, 0.6) is 0 Å². The van der Waals surface area contributed by atoms with Gasteiger partial charge in [0.2, 0.25) is 0 Å². The number of anilines is 1.